The number of carboxylic acid groups (broad SMARTS) is 1. The highest BCUT2D eigenvalue weighted by atomic mass is 79.9. The molecule has 0 amide bonds. The van der Waals surface area contributed by atoms with E-state index in [4.69, 9.17) is 0 Å². The molecule has 0 spiro atoms. The van der Waals surface area contributed by atoms with Crippen molar-refractivity contribution in [3.05, 3.63) is 20.8 Å². The van der Waals surface area contributed by atoms with E-state index in [1.165, 1.54) is 17.7 Å². The first-order chi connectivity index (χ1) is 8.12. The number of hydrogen-bond acceptors (Lipinski definition) is 2. The predicted octanol–water partition coefficient (Wildman–Crippen LogP) is 4.48. The second-order valence-corrected chi connectivity index (χ2v) is 6.82. The Hall–Kier alpha value is -0.350. The zero-order chi connectivity index (χ0) is 12.3. The SMILES string of the molecule is O=C(O)C1(Cc2cc(Br)cs2)CCCCCC1. The molecule has 1 N–H and O–H groups in total. The summed E-state index contributed by atoms with van der Waals surface area (Å²) in [7, 11) is 0. The smallest absolute Gasteiger partial charge is 0.309 e. The Balaban J connectivity index is 2.18. The predicted molar refractivity (Wildman–Crippen MR) is 73.5 cm³/mol. The number of aliphatic carboxylic acids is 1. The first-order valence-electron chi connectivity index (χ1n) is 6.09. The van der Waals surface area contributed by atoms with Gasteiger partial charge in [-0.2, -0.15) is 0 Å². The minimum atomic E-state index is -0.607. The largest absolute Gasteiger partial charge is 0.481 e. The Morgan fingerprint density at radius 3 is 2.47 bits per heavy atom. The summed E-state index contributed by atoms with van der Waals surface area (Å²) in [6, 6.07) is 2.06. The molecule has 0 saturated heterocycles. The fourth-order valence-corrected chi connectivity index (χ4v) is 4.25. The number of hydrogen-bond donors (Lipinski definition) is 1. The molecule has 2 nitrogen and oxygen atoms in total. The number of carbonyl (C=O) groups is 1. The topological polar surface area (TPSA) is 37.3 Å². The van der Waals surface area contributed by atoms with Crippen molar-refractivity contribution >= 4 is 33.2 Å². The van der Waals surface area contributed by atoms with Gasteiger partial charge in [-0.25, -0.2) is 0 Å². The Morgan fingerprint density at radius 2 is 2.00 bits per heavy atom. The second kappa shape index (κ2) is 5.53. The van der Waals surface area contributed by atoms with Crippen molar-refractivity contribution in [3.8, 4) is 0 Å². The molecule has 0 aliphatic heterocycles. The van der Waals surface area contributed by atoms with Crippen LogP contribution in [0.2, 0.25) is 0 Å². The van der Waals surface area contributed by atoms with Gasteiger partial charge < -0.3 is 5.11 Å². The summed E-state index contributed by atoms with van der Waals surface area (Å²) < 4.78 is 1.06. The van der Waals surface area contributed by atoms with Gasteiger partial charge in [0.05, 0.1) is 5.41 Å². The van der Waals surface area contributed by atoms with Gasteiger partial charge in [0.15, 0.2) is 0 Å². The molecule has 0 unspecified atom stereocenters. The third-order valence-electron chi connectivity index (χ3n) is 3.65. The molecular formula is C13H17BrO2S. The maximum Gasteiger partial charge on any atom is 0.309 e. The highest BCUT2D eigenvalue weighted by Gasteiger charge is 2.38. The van der Waals surface area contributed by atoms with Crippen molar-refractivity contribution in [2.24, 2.45) is 5.41 Å². The van der Waals surface area contributed by atoms with Crippen molar-refractivity contribution in [1.82, 2.24) is 0 Å². The lowest BCUT2D eigenvalue weighted by Gasteiger charge is -2.27. The average Bonchev–Trinajstić information content (AvgIpc) is 2.54. The van der Waals surface area contributed by atoms with Crippen LogP contribution < -0.4 is 0 Å². The molecule has 17 heavy (non-hydrogen) atoms. The highest BCUT2D eigenvalue weighted by Crippen LogP contribution is 2.40. The van der Waals surface area contributed by atoms with Crippen LogP contribution in [0.4, 0.5) is 0 Å². The van der Waals surface area contributed by atoms with E-state index in [1.54, 1.807) is 11.3 Å². The minimum absolute atomic E-state index is 0.513. The summed E-state index contributed by atoms with van der Waals surface area (Å²) in [5.74, 6) is -0.607. The lowest BCUT2D eigenvalue weighted by molar-refractivity contribution is -0.149. The maximum atomic E-state index is 11.6. The summed E-state index contributed by atoms with van der Waals surface area (Å²) >= 11 is 5.09. The molecule has 1 saturated carbocycles. The van der Waals surface area contributed by atoms with Crippen LogP contribution in [0.1, 0.15) is 43.4 Å². The first-order valence-corrected chi connectivity index (χ1v) is 7.76. The van der Waals surface area contributed by atoms with E-state index in [0.717, 1.165) is 30.2 Å². The minimum Gasteiger partial charge on any atom is -0.481 e. The van der Waals surface area contributed by atoms with Gasteiger partial charge in [0.2, 0.25) is 0 Å². The monoisotopic (exact) mass is 316 g/mol. The lowest BCUT2D eigenvalue weighted by atomic mass is 9.77. The molecule has 1 heterocycles. The van der Waals surface area contributed by atoms with Crippen molar-refractivity contribution in [3.63, 3.8) is 0 Å². The van der Waals surface area contributed by atoms with Gasteiger partial charge in [0, 0.05) is 14.7 Å². The van der Waals surface area contributed by atoms with Crippen molar-refractivity contribution < 1.29 is 9.90 Å². The summed E-state index contributed by atoms with van der Waals surface area (Å²) in [6.07, 6.45) is 6.83. The van der Waals surface area contributed by atoms with Gasteiger partial charge >= 0.3 is 5.97 Å². The molecule has 1 aliphatic carbocycles. The van der Waals surface area contributed by atoms with Crippen molar-refractivity contribution in [2.45, 2.75) is 44.9 Å². The van der Waals surface area contributed by atoms with E-state index in [9.17, 15) is 9.90 Å². The Morgan fingerprint density at radius 1 is 1.35 bits per heavy atom. The number of thiophene rings is 1. The Bertz CT molecular complexity index is 392. The van der Waals surface area contributed by atoms with Crippen LogP contribution in [0, 0.1) is 5.41 Å². The lowest BCUT2D eigenvalue weighted by Crippen LogP contribution is -2.32. The van der Waals surface area contributed by atoms with E-state index in [2.05, 4.69) is 22.0 Å². The summed E-state index contributed by atoms with van der Waals surface area (Å²) in [5, 5.41) is 11.6. The van der Waals surface area contributed by atoms with Gasteiger partial charge in [-0.15, -0.1) is 11.3 Å². The van der Waals surface area contributed by atoms with Crippen LogP contribution in [0.15, 0.2) is 15.9 Å². The van der Waals surface area contributed by atoms with E-state index in [1.807, 2.05) is 5.38 Å². The van der Waals surface area contributed by atoms with E-state index >= 15 is 0 Å². The molecule has 0 aromatic carbocycles. The number of halogens is 1. The van der Waals surface area contributed by atoms with Crippen molar-refractivity contribution in [2.75, 3.05) is 0 Å². The van der Waals surface area contributed by atoms with Gasteiger partial charge in [0.1, 0.15) is 0 Å². The molecule has 1 aromatic rings. The molecule has 1 aliphatic rings. The molecule has 1 fully saturated rings. The molecular weight excluding hydrogens is 300 g/mol. The van der Waals surface area contributed by atoms with E-state index in [-0.39, 0.29) is 0 Å². The molecule has 0 bridgehead atoms. The summed E-state index contributed by atoms with van der Waals surface area (Å²) in [5.41, 5.74) is -0.513. The van der Waals surface area contributed by atoms with Gasteiger partial charge in [-0.05, 0) is 41.3 Å². The summed E-state index contributed by atoms with van der Waals surface area (Å²) in [4.78, 5) is 12.8. The molecule has 1 aromatic heterocycles. The van der Waals surface area contributed by atoms with Gasteiger partial charge in [0.25, 0.3) is 0 Å². The van der Waals surface area contributed by atoms with Crippen LogP contribution in [0.25, 0.3) is 0 Å². The molecule has 0 atom stereocenters. The number of rotatable bonds is 3. The molecule has 4 heteroatoms. The van der Waals surface area contributed by atoms with Crippen LogP contribution >= 0.6 is 27.3 Å². The third-order valence-corrected chi connectivity index (χ3v) is 5.35. The Kier molecular flexibility index (Phi) is 4.26. The van der Waals surface area contributed by atoms with E-state index < -0.39 is 11.4 Å². The average molecular weight is 317 g/mol. The van der Waals surface area contributed by atoms with Crippen LogP contribution in [0.5, 0.6) is 0 Å². The second-order valence-electron chi connectivity index (χ2n) is 4.91. The zero-order valence-corrected chi connectivity index (χ0v) is 12.1. The first kappa shape index (κ1) is 13.1. The molecule has 2 rings (SSSR count). The molecule has 0 radical (unpaired) electrons. The zero-order valence-electron chi connectivity index (χ0n) is 9.75. The summed E-state index contributed by atoms with van der Waals surface area (Å²) in [6.45, 7) is 0. The van der Waals surface area contributed by atoms with Crippen LogP contribution in [0.3, 0.4) is 0 Å². The standard InChI is InChI=1S/C13H17BrO2S/c14-10-7-11(17-9-10)8-13(12(15)16)5-3-1-2-4-6-13/h7,9H,1-6,8H2,(H,15,16). The van der Waals surface area contributed by atoms with E-state index in [0.29, 0.717) is 6.42 Å². The fraction of sp³-hybridized carbons (Fsp3) is 0.615. The highest BCUT2D eigenvalue weighted by molar-refractivity contribution is 9.10. The van der Waals surface area contributed by atoms with Crippen LogP contribution in [-0.4, -0.2) is 11.1 Å². The fourth-order valence-electron chi connectivity index (χ4n) is 2.65. The Labute approximate surface area is 114 Å². The van der Waals surface area contributed by atoms with Crippen molar-refractivity contribution in [1.29, 1.82) is 0 Å². The van der Waals surface area contributed by atoms with Gasteiger partial charge in [-0.1, -0.05) is 25.7 Å². The normalized spacial score (nSPS) is 19.8. The third kappa shape index (κ3) is 3.10. The van der Waals surface area contributed by atoms with Gasteiger partial charge in [-0.3, -0.25) is 4.79 Å². The van der Waals surface area contributed by atoms with Crippen LogP contribution in [-0.2, 0) is 11.2 Å². The quantitative estimate of drug-likeness (QED) is 0.835. The maximum absolute atomic E-state index is 11.6. The number of carboxylic acids is 1. The molecule has 94 valence electrons.